The van der Waals surface area contributed by atoms with Crippen LogP contribution in [0.4, 0.5) is 9.80 Å². The minimum Gasteiger partial charge on any atom is -0.338 e. The summed E-state index contributed by atoms with van der Waals surface area (Å²) in [7, 11) is 0. The Hall–Kier alpha value is -1.62. The number of hydrogen-bond donors (Lipinski definition) is 2. The van der Waals surface area contributed by atoms with E-state index in [1.54, 1.807) is 0 Å². The van der Waals surface area contributed by atoms with Gasteiger partial charge in [-0.05, 0) is 38.5 Å². The number of carbonyl (C=O) groups excluding carboxylic acids is 1. The number of rotatable bonds is 2. The first-order valence-electron chi connectivity index (χ1n) is 5.53. The van der Waals surface area contributed by atoms with E-state index in [1.165, 1.54) is 11.3 Å². The van der Waals surface area contributed by atoms with Crippen LogP contribution in [-0.2, 0) is 0 Å². The van der Waals surface area contributed by atoms with Crippen molar-refractivity contribution >= 4 is 32.6 Å². The summed E-state index contributed by atoms with van der Waals surface area (Å²) < 4.78 is 0. The van der Waals surface area contributed by atoms with Crippen molar-refractivity contribution in [1.82, 2.24) is 10.3 Å². The molecule has 2 N–H and O–H groups in total. The van der Waals surface area contributed by atoms with Gasteiger partial charge in [0, 0.05) is 17.6 Å². The van der Waals surface area contributed by atoms with Crippen molar-refractivity contribution in [2.45, 2.75) is 20.8 Å². The first-order chi connectivity index (χ1) is 8.11. The van der Waals surface area contributed by atoms with E-state index in [2.05, 4.69) is 15.6 Å². The Kier molecular flexibility index (Phi) is 3.28. The fourth-order valence-corrected chi connectivity index (χ4v) is 2.74. The van der Waals surface area contributed by atoms with Crippen LogP contribution in [0.1, 0.15) is 18.2 Å². The minimum atomic E-state index is -0.168. The average Bonchev–Trinajstić information content (AvgIpc) is 2.55. The quantitative estimate of drug-likeness (QED) is 0.859. The van der Waals surface area contributed by atoms with Crippen molar-refractivity contribution in [2.24, 2.45) is 0 Å². The Morgan fingerprint density at radius 3 is 2.88 bits per heavy atom. The molecule has 0 aromatic carbocycles. The van der Waals surface area contributed by atoms with Gasteiger partial charge in [0.05, 0.1) is 0 Å². The topological polar surface area (TPSA) is 54.0 Å². The largest absolute Gasteiger partial charge is 0.338 e. The highest BCUT2D eigenvalue weighted by Gasteiger charge is 2.11. The highest BCUT2D eigenvalue weighted by atomic mass is 32.1. The summed E-state index contributed by atoms with van der Waals surface area (Å²) in [5.74, 6) is 0. The SMILES string of the molecule is CCNC(=O)Nc1sc2nc(C)ccc2c1C. The third-order valence-electron chi connectivity index (χ3n) is 2.51. The van der Waals surface area contributed by atoms with Gasteiger partial charge in [0.1, 0.15) is 9.83 Å². The normalized spacial score (nSPS) is 10.5. The Morgan fingerprint density at radius 2 is 2.18 bits per heavy atom. The molecular formula is C12H15N3OS. The smallest absolute Gasteiger partial charge is 0.319 e. The highest BCUT2D eigenvalue weighted by molar-refractivity contribution is 7.22. The van der Waals surface area contributed by atoms with E-state index in [9.17, 15) is 4.79 Å². The maximum Gasteiger partial charge on any atom is 0.319 e. The molecule has 0 unspecified atom stereocenters. The molecule has 0 aliphatic heterocycles. The molecule has 90 valence electrons. The van der Waals surface area contributed by atoms with Gasteiger partial charge >= 0.3 is 6.03 Å². The molecule has 0 bridgehead atoms. The van der Waals surface area contributed by atoms with Crippen LogP contribution in [0.25, 0.3) is 10.2 Å². The number of nitrogens with zero attached hydrogens (tertiary/aromatic N) is 1. The van der Waals surface area contributed by atoms with E-state index in [0.717, 1.165) is 26.5 Å². The van der Waals surface area contributed by atoms with Crippen molar-refractivity contribution in [3.05, 3.63) is 23.4 Å². The zero-order valence-electron chi connectivity index (χ0n) is 10.1. The molecule has 2 heterocycles. The predicted octanol–water partition coefficient (Wildman–Crippen LogP) is 3.05. The van der Waals surface area contributed by atoms with Gasteiger partial charge in [0.2, 0.25) is 0 Å². The minimum absolute atomic E-state index is 0.168. The highest BCUT2D eigenvalue weighted by Crippen LogP contribution is 2.33. The lowest BCUT2D eigenvalue weighted by molar-refractivity contribution is 0.252. The van der Waals surface area contributed by atoms with Gasteiger partial charge in [-0.25, -0.2) is 9.78 Å². The standard InChI is InChI=1S/C12H15N3OS/c1-4-13-12(16)15-10-8(3)9-6-5-7(2)14-11(9)17-10/h5-6H,4H2,1-3H3,(H2,13,15,16). The monoisotopic (exact) mass is 249 g/mol. The molecule has 0 saturated carbocycles. The van der Waals surface area contributed by atoms with Crippen LogP contribution in [0.15, 0.2) is 12.1 Å². The van der Waals surface area contributed by atoms with Crippen LogP contribution in [0, 0.1) is 13.8 Å². The van der Waals surface area contributed by atoms with Gasteiger partial charge in [-0.3, -0.25) is 5.32 Å². The molecule has 5 heteroatoms. The maximum atomic E-state index is 11.5. The number of amides is 2. The Morgan fingerprint density at radius 1 is 1.41 bits per heavy atom. The van der Waals surface area contributed by atoms with E-state index in [1.807, 2.05) is 32.9 Å². The van der Waals surface area contributed by atoms with Crippen LogP contribution in [0.5, 0.6) is 0 Å². The molecule has 2 amide bonds. The van der Waals surface area contributed by atoms with Crippen molar-refractivity contribution < 1.29 is 4.79 Å². The Labute approximate surface area is 104 Å². The van der Waals surface area contributed by atoms with Crippen molar-refractivity contribution in [3.8, 4) is 0 Å². The van der Waals surface area contributed by atoms with Crippen LogP contribution in [-0.4, -0.2) is 17.6 Å². The van der Waals surface area contributed by atoms with Crippen LogP contribution in [0.3, 0.4) is 0 Å². The molecule has 4 nitrogen and oxygen atoms in total. The maximum absolute atomic E-state index is 11.5. The molecule has 2 aromatic rings. The van der Waals surface area contributed by atoms with Crippen LogP contribution >= 0.6 is 11.3 Å². The number of anilines is 1. The van der Waals surface area contributed by atoms with Crippen molar-refractivity contribution in [2.75, 3.05) is 11.9 Å². The zero-order chi connectivity index (χ0) is 12.4. The van der Waals surface area contributed by atoms with Gasteiger partial charge in [0.15, 0.2) is 0 Å². The molecule has 2 rings (SSSR count). The summed E-state index contributed by atoms with van der Waals surface area (Å²) in [6.07, 6.45) is 0. The second-order valence-corrected chi connectivity index (χ2v) is 4.85. The molecule has 0 aliphatic rings. The summed E-state index contributed by atoms with van der Waals surface area (Å²) in [6, 6.07) is 3.86. The number of nitrogens with one attached hydrogen (secondary N) is 2. The fraction of sp³-hybridized carbons (Fsp3) is 0.333. The number of aryl methyl sites for hydroxylation is 2. The van der Waals surface area contributed by atoms with Crippen molar-refractivity contribution in [3.63, 3.8) is 0 Å². The third-order valence-corrected chi connectivity index (χ3v) is 3.62. The van der Waals surface area contributed by atoms with Gasteiger partial charge in [-0.15, -0.1) is 0 Å². The summed E-state index contributed by atoms with van der Waals surface area (Å²) in [4.78, 5) is 16.9. The lowest BCUT2D eigenvalue weighted by Crippen LogP contribution is -2.28. The number of fused-ring (bicyclic) bond motifs is 1. The van der Waals surface area contributed by atoms with Gasteiger partial charge in [-0.1, -0.05) is 11.3 Å². The van der Waals surface area contributed by atoms with Crippen LogP contribution in [0.2, 0.25) is 0 Å². The van der Waals surface area contributed by atoms with E-state index in [4.69, 9.17) is 0 Å². The summed E-state index contributed by atoms with van der Waals surface area (Å²) in [6.45, 7) is 6.47. The molecule has 0 atom stereocenters. The number of carbonyl (C=O) groups is 1. The van der Waals surface area contributed by atoms with Gasteiger partial charge < -0.3 is 5.32 Å². The molecule has 0 saturated heterocycles. The lowest BCUT2D eigenvalue weighted by Gasteiger charge is -2.03. The zero-order valence-corrected chi connectivity index (χ0v) is 10.9. The average molecular weight is 249 g/mol. The molecule has 0 aliphatic carbocycles. The van der Waals surface area contributed by atoms with Crippen LogP contribution < -0.4 is 10.6 Å². The lowest BCUT2D eigenvalue weighted by atomic mass is 10.2. The number of thiophene rings is 1. The summed E-state index contributed by atoms with van der Waals surface area (Å²) in [5.41, 5.74) is 2.06. The summed E-state index contributed by atoms with van der Waals surface area (Å²) >= 11 is 1.51. The molecule has 0 spiro atoms. The number of urea groups is 1. The molecule has 0 fully saturated rings. The number of pyridine rings is 1. The number of aromatic nitrogens is 1. The third kappa shape index (κ3) is 2.39. The molecule has 2 aromatic heterocycles. The Balaban J connectivity index is 2.35. The Bertz CT molecular complexity index is 562. The van der Waals surface area contributed by atoms with E-state index >= 15 is 0 Å². The molecule has 17 heavy (non-hydrogen) atoms. The predicted molar refractivity (Wildman–Crippen MR) is 71.8 cm³/mol. The van der Waals surface area contributed by atoms with Crippen molar-refractivity contribution in [1.29, 1.82) is 0 Å². The fourth-order valence-electron chi connectivity index (χ4n) is 1.62. The van der Waals surface area contributed by atoms with E-state index in [-0.39, 0.29) is 6.03 Å². The molecular weight excluding hydrogens is 234 g/mol. The first kappa shape index (κ1) is 11.9. The number of hydrogen-bond acceptors (Lipinski definition) is 3. The van der Waals surface area contributed by atoms with Gasteiger partial charge in [-0.2, -0.15) is 0 Å². The van der Waals surface area contributed by atoms with E-state index < -0.39 is 0 Å². The summed E-state index contributed by atoms with van der Waals surface area (Å²) in [5, 5.41) is 7.53. The second kappa shape index (κ2) is 4.71. The van der Waals surface area contributed by atoms with E-state index in [0.29, 0.717) is 6.54 Å². The molecule has 0 radical (unpaired) electrons. The van der Waals surface area contributed by atoms with Gasteiger partial charge in [0.25, 0.3) is 0 Å². The second-order valence-electron chi connectivity index (χ2n) is 3.85. The first-order valence-corrected chi connectivity index (χ1v) is 6.35.